The molecule has 0 spiro atoms. The third kappa shape index (κ3) is 3.46. The van der Waals surface area contributed by atoms with Gasteiger partial charge >= 0.3 is 0 Å². The topological polar surface area (TPSA) is 40.1 Å². The van der Waals surface area contributed by atoms with Gasteiger partial charge in [0.05, 0.1) is 0 Å². The van der Waals surface area contributed by atoms with Crippen LogP contribution in [0, 0.1) is 0 Å². The predicted octanol–water partition coefficient (Wildman–Crippen LogP) is 1.06. The van der Waals surface area contributed by atoms with Crippen molar-refractivity contribution < 1.29 is 8.76 Å². The first-order valence-electron chi connectivity index (χ1n) is 3.05. The summed E-state index contributed by atoms with van der Waals surface area (Å²) in [5, 5.41) is 0. The fourth-order valence-electron chi connectivity index (χ4n) is 0.778. The smallest absolute Gasteiger partial charge is 0.0386 e. The van der Waals surface area contributed by atoms with Crippen LogP contribution in [-0.2, 0) is 25.7 Å². The summed E-state index contributed by atoms with van der Waals surface area (Å²) in [6.45, 7) is 0. The maximum absolute atomic E-state index is 10.6. The first-order chi connectivity index (χ1) is 5.08. The normalized spacial score (nSPS) is 15.7. The largest absolute Gasteiger partial charge is 0.769 e. The van der Waals surface area contributed by atoms with Crippen LogP contribution in [0.2, 0.25) is 0 Å². The lowest BCUT2D eigenvalue weighted by atomic mass is 10.2. The molecule has 1 rings (SSSR count). The second-order valence-electron chi connectivity index (χ2n) is 2.19. The molecule has 11 heavy (non-hydrogen) atoms. The molecular formula is C7H7O2S2-. The van der Waals surface area contributed by atoms with Gasteiger partial charge in [-0.3, -0.25) is 4.21 Å². The van der Waals surface area contributed by atoms with Gasteiger partial charge in [0.15, 0.2) is 0 Å². The monoisotopic (exact) mass is 187 g/mol. The highest BCUT2D eigenvalue weighted by atomic mass is 32.8. The minimum atomic E-state index is -3.29. The molecule has 2 nitrogen and oxygen atoms in total. The third-order valence-electron chi connectivity index (χ3n) is 1.19. The molecule has 4 heteroatoms. The second kappa shape index (κ2) is 3.30. The molecule has 0 radical (unpaired) electrons. The highest BCUT2D eigenvalue weighted by molar-refractivity contribution is 8.29. The summed E-state index contributed by atoms with van der Waals surface area (Å²) in [5.74, 6) is -0.0524. The van der Waals surface area contributed by atoms with Crippen LogP contribution in [-0.4, -0.2) is 8.76 Å². The Kier molecular flexibility index (Phi) is 2.59. The van der Waals surface area contributed by atoms with Gasteiger partial charge in [0.1, 0.15) is 0 Å². The zero-order chi connectivity index (χ0) is 8.32. The summed E-state index contributed by atoms with van der Waals surface area (Å²) in [7, 11) is -3.29. The fourth-order valence-corrected chi connectivity index (χ4v) is 1.79. The predicted molar refractivity (Wildman–Crippen MR) is 46.4 cm³/mol. The van der Waals surface area contributed by atoms with E-state index in [0.717, 1.165) is 5.56 Å². The van der Waals surface area contributed by atoms with E-state index in [1.165, 1.54) is 0 Å². The van der Waals surface area contributed by atoms with E-state index < -0.39 is 8.77 Å². The summed E-state index contributed by atoms with van der Waals surface area (Å²) in [5.41, 5.74) is 0.738. The Hall–Kier alpha value is -0.450. The highest BCUT2D eigenvalue weighted by Gasteiger charge is 1.92. The summed E-state index contributed by atoms with van der Waals surface area (Å²) in [4.78, 5) is 0. The fraction of sp³-hybridized carbons (Fsp3) is 0.143. The van der Waals surface area contributed by atoms with Crippen molar-refractivity contribution in [2.24, 2.45) is 0 Å². The standard InChI is InChI=1S/C7H8O2S2/c8-11(9,10)6-7-4-2-1-3-5-7/h1-5H,6H2,(H,8,9,10)/p-1. The van der Waals surface area contributed by atoms with Crippen LogP contribution in [0.1, 0.15) is 5.56 Å². The molecule has 0 aliphatic rings. The van der Waals surface area contributed by atoms with Crippen molar-refractivity contribution in [3.05, 3.63) is 35.9 Å². The van der Waals surface area contributed by atoms with Gasteiger partial charge in [0.2, 0.25) is 0 Å². The molecular weight excluding hydrogens is 180 g/mol. The molecule has 1 unspecified atom stereocenters. The van der Waals surface area contributed by atoms with Crippen LogP contribution in [0.5, 0.6) is 0 Å². The van der Waals surface area contributed by atoms with E-state index in [2.05, 4.69) is 11.2 Å². The SMILES string of the molecule is O=S([O-])(=S)Cc1ccccc1. The van der Waals surface area contributed by atoms with E-state index in [9.17, 15) is 8.76 Å². The third-order valence-corrected chi connectivity index (χ3v) is 2.23. The maximum Gasteiger partial charge on any atom is 0.0386 e. The summed E-state index contributed by atoms with van der Waals surface area (Å²) in [6.07, 6.45) is 0. The van der Waals surface area contributed by atoms with Gasteiger partial charge in [-0.2, -0.15) is 0 Å². The Labute approximate surface area is 70.8 Å². The number of rotatable bonds is 2. The minimum absolute atomic E-state index is 0.0524. The Balaban J connectivity index is 2.82. The van der Waals surface area contributed by atoms with E-state index in [4.69, 9.17) is 0 Å². The lowest BCUT2D eigenvalue weighted by Gasteiger charge is -2.09. The van der Waals surface area contributed by atoms with Crippen LogP contribution in [0.25, 0.3) is 0 Å². The van der Waals surface area contributed by atoms with Crippen molar-refractivity contribution in [3.63, 3.8) is 0 Å². The summed E-state index contributed by atoms with van der Waals surface area (Å²) in [6, 6.07) is 8.89. The van der Waals surface area contributed by atoms with Crippen LogP contribution in [0.3, 0.4) is 0 Å². The average Bonchev–Trinajstić information content (AvgIpc) is 1.85. The molecule has 0 aromatic heterocycles. The van der Waals surface area contributed by atoms with Crippen LogP contribution >= 0.6 is 0 Å². The lowest BCUT2D eigenvalue weighted by Crippen LogP contribution is -1.99. The molecule has 0 heterocycles. The van der Waals surface area contributed by atoms with Gasteiger partial charge in [0, 0.05) is 5.75 Å². The van der Waals surface area contributed by atoms with Gasteiger partial charge in [-0.1, -0.05) is 30.3 Å². The van der Waals surface area contributed by atoms with Crippen LogP contribution < -0.4 is 0 Å². The van der Waals surface area contributed by atoms with Crippen molar-refractivity contribution in [3.8, 4) is 0 Å². The van der Waals surface area contributed by atoms with Crippen molar-refractivity contribution in [1.82, 2.24) is 0 Å². The molecule has 0 aliphatic carbocycles. The minimum Gasteiger partial charge on any atom is -0.769 e. The van der Waals surface area contributed by atoms with E-state index in [1.54, 1.807) is 24.3 Å². The van der Waals surface area contributed by atoms with Crippen LogP contribution in [0.4, 0.5) is 0 Å². The van der Waals surface area contributed by atoms with Crippen LogP contribution in [0.15, 0.2) is 30.3 Å². The Morgan fingerprint density at radius 1 is 1.36 bits per heavy atom. The Morgan fingerprint density at radius 2 is 1.91 bits per heavy atom. The van der Waals surface area contributed by atoms with E-state index in [0.29, 0.717) is 0 Å². The summed E-state index contributed by atoms with van der Waals surface area (Å²) >= 11 is 4.24. The Bertz CT molecular complexity index is 316. The van der Waals surface area contributed by atoms with Gasteiger partial charge in [0.25, 0.3) is 0 Å². The first kappa shape index (κ1) is 8.64. The zero-order valence-corrected chi connectivity index (χ0v) is 7.36. The van der Waals surface area contributed by atoms with Gasteiger partial charge < -0.3 is 4.55 Å². The molecule has 0 fully saturated rings. The summed E-state index contributed by atoms with van der Waals surface area (Å²) < 4.78 is 21.2. The molecule has 60 valence electrons. The van der Waals surface area contributed by atoms with E-state index >= 15 is 0 Å². The van der Waals surface area contributed by atoms with E-state index in [-0.39, 0.29) is 5.75 Å². The molecule has 0 bridgehead atoms. The number of hydrogen-bond acceptors (Lipinski definition) is 3. The van der Waals surface area contributed by atoms with Crippen molar-refractivity contribution >= 4 is 20.0 Å². The molecule has 0 saturated heterocycles. The van der Waals surface area contributed by atoms with Gasteiger partial charge in [-0.25, -0.2) is 0 Å². The van der Waals surface area contributed by atoms with Crippen molar-refractivity contribution in [2.75, 3.05) is 0 Å². The lowest BCUT2D eigenvalue weighted by molar-refractivity contribution is 0.533. The Morgan fingerprint density at radius 3 is 2.36 bits per heavy atom. The molecule has 0 amide bonds. The molecule has 0 saturated carbocycles. The molecule has 0 aliphatic heterocycles. The molecule has 1 atom stereocenters. The zero-order valence-electron chi connectivity index (χ0n) is 5.73. The molecule has 1 aromatic carbocycles. The quantitative estimate of drug-likeness (QED) is 0.695. The van der Waals surface area contributed by atoms with E-state index in [1.807, 2.05) is 6.07 Å². The van der Waals surface area contributed by atoms with Gasteiger partial charge in [-0.05, 0) is 25.5 Å². The number of hydrogen-bond donors (Lipinski definition) is 0. The second-order valence-corrected chi connectivity index (χ2v) is 5.12. The number of benzene rings is 1. The molecule has 0 N–H and O–H groups in total. The van der Waals surface area contributed by atoms with Crippen molar-refractivity contribution in [2.45, 2.75) is 5.75 Å². The average molecular weight is 187 g/mol. The van der Waals surface area contributed by atoms with Gasteiger partial charge in [-0.15, -0.1) is 0 Å². The first-order valence-corrected chi connectivity index (χ1v) is 5.63. The molecule has 1 aromatic rings. The van der Waals surface area contributed by atoms with Crippen molar-refractivity contribution in [1.29, 1.82) is 0 Å². The highest BCUT2D eigenvalue weighted by Crippen LogP contribution is 2.02. The maximum atomic E-state index is 10.6.